The molecule has 1 saturated carbocycles. The van der Waals surface area contributed by atoms with Crippen molar-refractivity contribution in [2.24, 2.45) is 5.92 Å². The highest BCUT2D eigenvalue weighted by Gasteiger charge is 2.17. The van der Waals surface area contributed by atoms with Crippen LogP contribution >= 0.6 is 11.6 Å². The fraction of sp³-hybridized carbons (Fsp3) is 0.409. The summed E-state index contributed by atoms with van der Waals surface area (Å²) in [6, 6.07) is 12.2. The Morgan fingerprint density at radius 3 is 2.67 bits per heavy atom. The molecule has 1 fully saturated rings. The van der Waals surface area contributed by atoms with Crippen LogP contribution in [0.4, 0.5) is 0 Å². The van der Waals surface area contributed by atoms with Crippen molar-refractivity contribution in [3.63, 3.8) is 0 Å². The van der Waals surface area contributed by atoms with Crippen molar-refractivity contribution < 1.29 is 0 Å². The van der Waals surface area contributed by atoms with E-state index in [1.54, 1.807) is 6.20 Å². The van der Waals surface area contributed by atoms with Crippen LogP contribution in [-0.4, -0.2) is 14.5 Å². The molecule has 1 aliphatic carbocycles. The van der Waals surface area contributed by atoms with Gasteiger partial charge in [-0.05, 0) is 36.1 Å². The Morgan fingerprint density at radius 1 is 1.15 bits per heavy atom. The topological polar surface area (TPSA) is 54.5 Å². The zero-order chi connectivity index (χ0) is 18.6. The van der Waals surface area contributed by atoms with E-state index in [4.69, 9.17) is 11.6 Å². The lowest BCUT2D eigenvalue weighted by atomic mass is 9.87. The van der Waals surface area contributed by atoms with Crippen molar-refractivity contribution in [3.8, 4) is 6.07 Å². The van der Waals surface area contributed by atoms with E-state index in [2.05, 4.69) is 38.8 Å². The molecule has 0 unspecified atom stereocenters. The number of nitrogens with zero attached hydrogens (tertiary/aromatic N) is 4. The number of hydrogen-bond donors (Lipinski definition) is 0. The summed E-state index contributed by atoms with van der Waals surface area (Å²) in [7, 11) is 0. The van der Waals surface area contributed by atoms with Gasteiger partial charge < -0.3 is 4.57 Å². The maximum atomic E-state index is 9.19. The Hall–Kier alpha value is -2.38. The first-order chi connectivity index (χ1) is 13.2. The standard InChI is InChI=1S/C22H23ClN4/c23-19-8-6-17(7-9-19)12-20-13-18-15-25-21(14-24)26-22(18)27(20)11-10-16-4-2-1-3-5-16/h6-9,13,15-16H,1-5,10-12H2. The van der Waals surface area contributed by atoms with E-state index < -0.39 is 0 Å². The van der Waals surface area contributed by atoms with E-state index in [1.165, 1.54) is 49.8 Å². The number of hydrogen-bond acceptors (Lipinski definition) is 3. The van der Waals surface area contributed by atoms with Gasteiger partial charge >= 0.3 is 0 Å². The molecule has 4 nitrogen and oxygen atoms in total. The van der Waals surface area contributed by atoms with Crippen LogP contribution in [-0.2, 0) is 13.0 Å². The molecule has 0 amide bonds. The second-order valence-corrected chi connectivity index (χ2v) is 7.90. The molecule has 2 aromatic heterocycles. The predicted octanol–water partition coefficient (Wildman–Crippen LogP) is 5.52. The highest BCUT2D eigenvalue weighted by atomic mass is 35.5. The van der Waals surface area contributed by atoms with Crippen LogP contribution in [0.25, 0.3) is 11.0 Å². The number of halogens is 1. The average molecular weight is 379 g/mol. The molecule has 0 saturated heterocycles. The molecule has 3 aromatic rings. The van der Waals surface area contributed by atoms with Crippen LogP contribution < -0.4 is 0 Å². The van der Waals surface area contributed by atoms with Crippen molar-refractivity contribution in [1.82, 2.24) is 14.5 Å². The van der Waals surface area contributed by atoms with E-state index in [1.807, 2.05) is 12.1 Å². The monoisotopic (exact) mass is 378 g/mol. The fourth-order valence-electron chi connectivity index (χ4n) is 4.14. The maximum Gasteiger partial charge on any atom is 0.234 e. The number of benzene rings is 1. The minimum absolute atomic E-state index is 0.234. The van der Waals surface area contributed by atoms with Gasteiger partial charge in [0, 0.05) is 35.3 Å². The van der Waals surface area contributed by atoms with Crippen molar-refractivity contribution in [3.05, 3.63) is 58.6 Å². The first-order valence-electron chi connectivity index (χ1n) is 9.72. The Morgan fingerprint density at radius 2 is 1.93 bits per heavy atom. The van der Waals surface area contributed by atoms with Gasteiger partial charge in [0.2, 0.25) is 5.82 Å². The molecule has 0 N–H and O–H groups in total. The molecular weight excluding hydrogens is 356 g/mol. The van der Waals surface area contributed by atoms with E-state index in [0.717, 1.165) is 34.9 Å². The van der Waals surface area contributed by atoms with Crippen molar-refractivity contribution in [2.45, 2.75) is 51.5 Å². The number of aryl methyl sites for hydroxylation is 1. The summed E-state index contributed by atoms with van der Waals surface area (Å²) < 4.78 is 2.29. The quantitative estimate of drug-likeness (QED) is 0.587. The smallest absolute Gasteiger partial charge is 0.234 e. The summed E-state index contributed by atoms with van der Waals surface area (Å²) in [5.41, 5.74) is 3.31. The first-order valence-corrected chi connectivity index (χ1v) is 10.1. The summed E-state index contributed by atoms with van der Waals surface area (Å²) in [5, 5.41) is 10.9. The largest absolute Gasteiger partial charge is 0.329 e. The van der Waals surface area contributed by atoms with Crippen LogP contribution in [0.1, 0.15) is 55.6 Å². The van der Waals surface area contributed by atoms with Crippen LogP contribution in [0.15, 0.2) is 36.5 Å². The molecule has 0 radical (unpaired) electrons. The highest BCUT2D eigenvalue weighted by molar-refractivity contribution is 6.30. The van der Waals surface area contributed by atoms with E-state index in [9.17, 15) is 5.26 Å². The number of nitriles is 1. The predicted molar refractivity (Wildman–Crippen MR) is 108 cm³/mol. The van der Waals surface area contributed by atoms with Gasteiger partial charge in [0.05, 0.1) is 0 Å². The van der Waals surface area contributed by atoms with Gasteiger partial charge in [-0.3, -0.25) is 0 Å². The summed E-state index contributed by atoms with van der Waals surface area (Å²) in [5.74, 6) is 1.04. The number of aromatic nitrogens is 3. The maximum absolute atomic E-state index is 9.19. The third-order valence-corrected chi connectivity index (χ3v) is 5.86. The molecule has 4 rings (SSSR count). The Labute approximate surface area is 164 Å². The normalized spacial score (nSPS) is 15.1. The second kappa shape index (κ2) is 8.10. The van der Waals surface area contributed by atoms with Gasteiger partial charge in [-0.15, -0.1) is 0 Å². The average Bonchev–Trinajstić information content (AvgIpc) is 3.05. The van der Waals surface area contributed by atoms with Gasteiger partial charge in [0.1, 0.15) is 11.7 Å². The third-order valence-electron chi connectivity index (χ3n) is 5.60. The SMILES string of the molecule is N#Cc1ncc2cc(Cc3ccc(Cl)cc3)n(CCC3CCCCC3)c2n1. The molecule has 0 aliphatic heterocycles. The zero-order valence-electron chi connectivity index (χ0n) is 15.4. The number of rotatable bonds is 5. The third kappa shape index (κ3) is 4.14. The zero-order valence-corrected chi connectivity index (χ0v) is 16.1. The highest BCUT2D eigenvalue weighted by Crippen LogP contribution is 2.28. The summed E-state index contributed by atoms with van der Waals surface area (Å²) >= 11 is 6.03. The second-order valence-electron chi connectivity index (χ2n) is 7.47. The van der Waals surface area contributed by atoms with Crippen molar-refractivity contribution >= 4 is 22.6 Å². The molecule has 138 valence electrons. The lowest BCUT2D eigenvalue weighted by Gasteiger charge is -2.22. The lowest BCUT2D eigenvalue weighted by molar-refractivity contribution is 0.324. The van der Waals surface area contributed by atoms with E-state index in [0.29, 0.717) is 0 Å². The van der Waals surface area contributed by atoms with Gasteiger partial charge in [0.15, 0.2) is 0 Å². The lowest BCUT2D eigenvalue weighted by Crippen LogP contribution is -2.12. The summed E-state index contributed by atoms with van der Waals surface area (Å²) in [6.45, 7) is 0.943. The van der Waals surface area contributed by atoms with Crippen LogP contribution in [0, 0.1) is 17.2 Å². The number of fused-ring (bicyclic) bond motifs is 1. The van der Waals surface area contributed by atoms with E-state index in [-0.39, 0.29) is 5.82 Å². The van der Waals surface area contributed by atoms with Crippen LogP contribution in [0.2, 0.25) is 5.02 Å². The van der Waals surface area contributed by atoms with Crippen molar-refractivity contribution in [1.29, 1.82) is 5.26 Å². The molecule has 2 heterocycles. The summed E-state index contributed by atoms with van der Waals surface area (Å²) in [6.07, 6.45) is 10.5. The molecule has 0 spiro atoms. The first kappa shape index (κ1) is 18.0. The van der Waals surface area contributed by atoms with Gasteiger partial charge in [-0.2, -0.15) is 5.26 Å². The van der Waals surface area contributed by atoms with Gasteiger partial charge in [-0.25, -0.2) is 9.97 Å². The van der Waals surface area contributed by atoms with E-state index >= 15 is 0 Å². The van der Waals surface area contributed by atoms with Gasteiger partial charge in [0.25, 0.3) is 0 Å². The molecule has 0 atom stereocenters. The Kier molecular flexibility index (Phi) is 5.40. The van der Waals surface area contributed by atoms with Crippen LogP contribution in [0.5, 0.6) is 0 Å². The molecular formula is C22H23ClN4. The molecule has 27 heavy (non-hydrogen) atoms. The van der Waals surface area contributed by atoms with Crippen LogP contribution in [0.3, 0.4) is 0 Å². The Balaban J connectivity index is 1.65. The van der Waals surface area contributed by atoms with Gasteiger partial charge in [-0.1, -0.05) is 55.8 Å². The minimum atomic E-state index is 0.234. The molecule has 5 heteroatoms. The molecule has 1 aliphatic rings. The summed E-state index contributed by atoms with van der Waals surface area (Å²) in [4.78, 5) is 8.65. The molecule has 1 aromatic carbocycles. The van der Waals surface area contributed by atoms with Crippen molar-refractivity contribution in [2.75, 3.05) is 0 Å². The molecule has 0 bridgehead atoms. The fourth-order valence-corrected chi connectivity index (χ4v) is 4.27. The minimum Gasteiger partial charge on any atom is -0.329 e. The Bertz CT molecular complexity index is 962.